The predicted molar refractivity (Wildman–Crippen MR) is 62.7 cm³/mol. The molecule has 1 amide bonds. The summed E-state index contributed by atoms with van der Waals surface area (Å²) in [7, 11) is 1.73. The van der Waals surface area contributed by atoms with Crippen LogP contribution < -0.4 is 4.90 Å². The molecule has 0 fully saturated rings. The number of carbonyl (C=O) groups excluding carboxylic acids is 2. The largest absolute Gasteiger partial charge is 0.315 e. The highest BCUT2D eigenvalue weighted by atomic mass is 16.2. The first-order valence-corrected chi connectivity index (χ1v) is 5.43. The molecule has 0 spiro atoms. The maximum Gasteiger partial charge on any atom is 0.227 e. The molecule has 2 rings (SSSR count). The first-order chi connectivity index (χ1) is 8.13. The van der Waals surface area contributed by atoms with E-state index in [9.17, 15) is 9.59 Å². The highest BCUT2D eigenvalue weighted by Gasteiger charge is 2.21. The van der Waals surface area contributed by atoms with Gasteiger partial charge in [-0.25, -0.2) is 0 Å². The first kappa shape index (κ1) is 11.3. The van der Waals surface area contributed by atoms with Crippen molar-refractivity contribution >= 4 is 17.4 Å². The molecule has 1 aromatic rings. The number of fused-ring (bicyclic) bond motifs is 1. The van der Waals surface area contributed by atoms with Gasteiger partial charge < -0.3 is 4.90 Å². The number of carbonyl (C=O) groups is 2. The van der Waals surface area contributed by atoms with Gasteiger partial charge in [0.05, 0.1) is 12.5 Å². The van der Waals surface area contributed by atoms with Crippen LogP contribution in [0.3, 0.4) is 0 Å². The Morgan fingerprint density at radius 3 is 2.94 bits per heavy atom. The van der Waals surface area contributed by atoms with Gasteiger partial charge in [-0.2, -0.15) is 5.26 Å². The lowest BCUT2D eigenvalue weighted by Crippen LogP contribution is -2.31. The Morgan fingerprint density at radius 1 is 1.47 bits per heavy atom. The molecule has 0 radical (unpaired) electrons. The van der Waals surface area contributed by atoms with Gasteiger partial charge >= 0.3 is 0 Å². The van der Waals surface area contributed by atoms with Crippen LogP contribution >= 0.6 is 0 Å². The lowest BCUT2D eigenvalue weighted by Gasteiger charge is -2.25. The molecule has 0 saturated heterocycles. The summed E-state index contributed by atoms with van der Waals surface area (Å²) in [5, 5.41) is 8.49. The normalized spacial score (nSPS) is 14.1. The molecule has 0 bridgehead atoms. The van der Waals surface area contributed by atoms with Crippen LogP contribution in [0.4, 0.5) is 5.69 Å². The van der Waals surface area contributed by atoms with E-state index in [4.69, 9.17) is 5.26 Å². The highest BCUT2D eigenvalue weighted by Crippen LogP contribution is 2.27. The summed E-state index contributed by atoms with van der Waals surface area (Å²) >= 11 is 0. The molecule has 0 aromatic heterocycles. The second kappa shape index (κ2) is 4.38. The Morgan fingerprint density at radius 2 is 2.24 bits per heavy atom. The van der Waals surface area contributed by atoms with Crippen molar-refractivity contribution in [3.05, 3.63) is 29.3 Å². The molecule has 4 heteroatoms. The molecule has 17 heavy (non-hydrogen) atoms. The topological polar surface area (TPSA) is 61.2 Å². The van der Waals surface area contributed by atoms with Gasteiger partial charge in [-0.1, -0.05) is 0 Å². The van der Waals surface area contributed by atoms with Crippen LogP contribution in [0.15, 0.2) is 18.2 Å². The van der Waals surface area contributed by atoms with E-state index in [2.05, 4.69) is 0 Å². The Bertz CT molecular complexity index is 529. The average molecular weight is 228 g/mol. The molecular formula is C13H12N2O2. The third-order valence-corrected chi connectivity index (χ3v) is 2.98. The SMILES string of the molecule is CN1C(=O)CCc2cc(C(=O)CC#N)ccc21. The molecule has 1 heterocycles. The quantitative estimate of drug-likeness (QED) is 0.724. The standard InChI is InChI=1S/C13H12N2O2/c1-15-11-4-2-10(12(16)6-7-14)8-9(11)3-5-13(15)17/h2,4,8H,3,5-6H2,1H3. The van der Waals surface area contributed by atoms with Crippen LogP contribution in [0, 0.1) is 11.3 Å². The second-order valence-electron chi connectivity index (χ2n) is 4.05. The van der Waals surface area contributed by atoms with Crippen LogP contribution in [-0.2, 0) is 11.2 Å². The number of rotatable bonds is 2. The fraction of sp³-hybridized carbons (Fsp3) is 0.308. The number of ketones is 1. The lowest BCUT2D eigenvalue weighted by molar-refractivity contribution is -0.118. The Hall–Kier alpha value is -2.15. The van der Waals surface area contributed by atoms with Gasteiger partial charge in [0.1, 0.15) is 0 Å². The Balaban J connectivity index is 2.36. The van der Waals surface area contributed by atoms with Crippen molar-refractivity contribution in [3.63, 3.8) is 0 Å². The van der Waals surface area contributed by atoms with Crippen molar-refractivity contribution in [1.82, 2.24) is 0 Å². The summed E-state index contributed by atoms with van der Waals surface area (Å²) in [5.41, 5.74) is 2.40. The van der Waals surface area contributed by atoms with E-state index < -0.39 is 0 Å². The van der Waals surface area contributed by atoms with Crippen LogP contribution in [-0.4, -0.2) is 18.7 Å². The van der Waals surface area contributed by atoms with Crippen LogP contribution in [0.1, 0.15) is 28.8 Å². The molecule has 1 aliphatic heterocycles. The summed E-state index contributed by atoms with van der Waals surface area (Å²) in [6.45, 7) is 0. The van der Waals surface area contributed by atoms with Crippen molar-refractivity contribution in [1.29, 1.82) is 5.26 Å². The summed E-state index contributed by atoms with van der Waals surface area (Å²) in [6.07, 6.45) is 1.03. The van der Waals surface area contributed by atoms with E-state index in [1.54, 1.807) is 30.1 Å². The maximum absolute atomic E-state index is 11.6. The van der Waals surface area contributed by atoms with Crippen LogP contribution in [0.25, 0.3) is 0 Å². The van der Waals surface area contributed by atoms with E-state index in [-0.39, 0.29) is 18.1 Å². The van der Waals surface area contributed by atoms with Gasteiger partial charge in [0, 0.05) is 24.7 Å². The molecule has 1 aromatic carbocycles. The van der Waals surface area contributed by atoms with Crippen LogP contribution in [0.2, 0.25) is 0 Å². The first-order valence-electron chi connectivity index (χ1n) is 5.43. The summed E-state index contributed by atoms with van der Waals surface area (Å²) < 4.78 is 0. The number of Topliss-reactive ketones (excluding diaryl/α,β-unsaturated/α-hetero) is 1. The van der Waals surface area contributed by atoms with E-state index in [1.165, 1.54) is 0 Å². The van der Waals surface area contributed by atoms with Crippen molar-refractivity contribution in [2.75, 3.05) is 11.9 Å². The monoisotopic (exact) mass is 228 g/mol. The van der Waals surface area contributed by atoms with Gasteiger partial charge in [0.2, 0.25) is 5.91 Å². The number of aryl methyl sites for hydroxylation is 1. The highest BCUT2D eigenvalue weighted by molar-refractivity contribution is 6.00. The van der Waals surface area contributed by atoms with Gasteiger partial charge in [-0.05, 0) is 30.2 Å². The molecule has 0 aliphatic carbocycles. The minimum atomic E-state index is -0.171. The van der Waals surface area contributed by atoms with Crippen molar-refractivity contribution in [3.8, 4) is 6.07 Å². The number of anilines is 1. The van der Waals surface area contributed by atoms with Crippen molar-refractivity contribution in [2.24, 2.45) is 0 Å². The Kier molecular flexibility index (Phi) is 2.92. The molecule has 0 N–H and O–H groups in total. The predicted octanol–water partition coefficient (Wildman–Crippen LogP) is 1.69. The van der Waals surface area contributed by atoms with E-state index in [1.807, 2.05) is 6.07 Å². The molecular weight excluding hydrogens is 216 g/mol. The molecule has 0 saturated carbocycles. The average Bonchev–Trinajstić information content (AvgIpc) is 2.34. The zero-order chi connectivity index (χ0) is 12.4. The molecule has 86 valence electrons. The summed E-state index contributed by atoms with van der Waals surface area (Å²) in [5.74, 6) is -0.0801. The molecule has 1 aliphatic rings. The zero-order valence-corrected chi connectivity index (χ0v) is 9.56. The number of amides is 1. The summed E-state index contributed by atoms with van der Waals surface area (Å²) in [6, 6.07) is 7.09. The second-order valence-corrected chi connectivity index (χ2v) is 4.05. The number of hydrogen-bond acceptors (Lipinski definition) is 3. The maximum atomic E-state index is 11.6. The van der Waals surface area contributed by atoms with Crippen LogP contribution in [0.5, 0.6) is 0 Å². The van der Waals surface area contributed by atoms with Gasteiger partial charge in [0.25, 0.3) is 0 Å². The fourth-order valence-electron chi connectivity index (χ4n) is 2.00. The fourth-order valence-corrected chi connectivity index (χ4v) is 2.00. The minimum Gasteiger partial charge on any atom is -0.315 e. The van der Waals surface area contributed by atoms with E-state index in [0.29, 0.717) is 18.4 Å². The molecule has 0 atom stereocenters. The lowest BCUT2D eigenvalue weighted by atomic mass is 9.97. The number of benzene rings is 1. The zero-order valence-electron chi connectivity index (χ0n) is 9.56. The number of hydrogen-bond donors (Lipinski definition) is 0. The van der Waals surface area contributed by atoms with Gasteiger partial charge in [-0.3, -0.25) is 9.59 Å². The van der Waals surface area contributed by atoms with E-state index in [0.717, 1.165) is 11.3 Å². The Labute approximate surface area is 99.5 Å². The third-order valence-electron chi connectivity index (χ3n) is 2.98. The van der Waals surface area contributed by atoms with E-state index >= 15 is 0 Å². The minimum absolute atomic E-state index is 0.0913. The number of nitrogens with zero attached hydrogens (tertiary/aromatic N) is 2. The van der Waals surface area contributed by atoms with Gasteiger partial charge in [0.15, 0.2) is 5.78 Å². The van der Waals surface area contributed by atoms with Gasteiger partial charge in [-0.15, -0.1) is 0 Å². The molecule has 0 unspecified atom stereocenters. The van der Waals surface area contributed by atoms with Crippen molar-refractivity contribution in [2.45, 2.75) is 19.3 Å². The van der Waals surface area contributed by atoms with Crippen molar-refractivity contribution < 1.29 is 9.59 Å². The summed E-state index contributed by atoms with van der Waals surface area (Å²) in [4.78, 5) is 24.7. The smallest absolute Gasteiger partial charge is 0.227 e. The number of nitriles is 1. The molecule has 4 nitrogen and oxygen atoms in total. The third kappa shape index (κ3) is 2.04.